The number of carbonyl (C=O) groups excluding carboxylic acids is 3. The minimum Gasteiger partial charge on any atom is -0.485 e. The Kier molecular flexibility index (Phi) is 5.63. The van der Waals surface area contributed by atoms with Crippen LogP contribution < -0.4 is 20.1 Å². The van der Waals surface area contributed by atoms with Crippen LogP contribution in [0.15, 0.2) is 42.5 Å². The maximum atomic E-state index is 12.5. The summed E-state index contributed by atoms with van der Waals surface area (Å²) in [5.41, 5.74) is 7.11. The van der Waals surface area contributed by atoms with E-state index in [0.717, 1.165) is 0 Å². The van der Waals surface area contributed by atoms with Crippen molar-refractivity contribution in [3.05, 3.63) is 53.6 Å². The lowest BCUT2D eigenvalue weighted by atomic mass is 10.0. The molecule has 28 heavy (non-hydrogen) atoms. The number of hydrogen-bond acceptors (Lipinski definition) is 5. The number of amides is 2. The molecule has 3 rings (SSSR count). The molecule has 0 spiro atoms. The van der Waals surface area contributed by atoms with E-state index in [1.807, 2.05) is 24.3 Å². The van der Waals surface area contributed by atoms with Crippen LogP contribution in [0.25, 0.3) is 0 Å². The lowest BCUT2D eigenvalue weighted by Crippen LogP contribution is -2.43. The van der Waals surface area contributed by atoms with Gasteiger partial charge in [0.2, 0.25) is 5.91 Å². The van der Waals surface area contributed by atoms with E-state index in [-0.39, 0.29) is 25.5 Å². The molecule has 0 atom stereocenters. The third-order valence-corrected chi connectivity index (χ3v) is 4.45. The van der Waals surface area contributed by atoms with Crippen molar-refractivity contribution < 1.29 is 23.9 Å². The Bertz CT molecular complexity index is 906. The Hall–Kier alpha value is -3.35. The number of ketones is 1. The van der Waals surface area contributed by atoms with E-state index >= 15 is 0 Å². The number of anilines is 1. The Balaban J connectivity index is 1.73. The summed E-state index contributed by atoms with van der Waals surface area (Å²) >= 11 is 0. The van der Waals surface area contributed by atoms with Crippen molar-refractivity contribution in [3.8, 4) is 11.5 Å². The summed E-state index contributed by atoms with van der Waals surface area (Å²) in [7, 11) is 0. The molecule has 0 aliphatic carbocycles. The van der Waals surface area contributed by atoms with E-state index in [1.165, 1.54) is 16.5 Å². The van der Waals surface area contributed by atoms with E-state index in [2.05, 4.69) is 13.8 Å². The highest BCUT2D eigenvalue weighted by molar-refractivity contribution is 6.04. The highest BCUT2D eigenvalue weighted by Gasteiger charge is 2.27. The zero-order chi connectivity index (χ0) is 20.3. The standard InChI is InChI=1S/C21H22N2O5/c1-13(2)14-3-6-16(7-4-14)27-11-18(24)15-5-8-19-17(9-15)23(10-20(22)25)21(26)12-28-19/h3-9,13H,10-12H2,1-2H3,(H2,22,25). The van der Waals surface area contributed by atoms with E-state index in [0.29, 0.717) is 28.7 Å². The van der Waals surface area contributed by atoms with E-state index in [9.17, 15) is 14.4 Å². The summed E-state index contributed by atoms with van der Waals surface area (Å²) < 4.78 is 10.9. The number of nitrogens with zero attached hydrogens (tertiary/aromatic N) is 1. The molecule has 0 bridgehead atoms. The second-order valence-electron chi connectivity index (χ2n) is 6.85. The molecule has 2 aromatic carbocycles. The smallest absolute Gasteiger partial charge is 0.265 e. The summed E-state index contributed by atoms with van der Waals surface area (Å²) in [6.45, 7) is 3.61. The molecule has 1 aliphatic rings. The van der Waals surface area contributed by atoms with Gasteiger partial charge in [-0.3, -0.25) is 19.3 Å². The van der Waals surface area contributed by atoms with Crippen LogP contribution in [0.5, 0.6) is 11.5 Å². The molecule has 0 fully saturated rings. The van der Waals surface area contributed by atoms with Crippen LogP contribution in [0.2, 0.25) is 0 Å². The molecular formula is C21H22N2O5. The van der Waals surface area contributed by atoms with Crippen LogP contribution in [-0.4, -0.2) is 37.4 Å². The first-order valence-electron chi connectivity index (χ1n) is 8.96. The van der Waals surface area contributed by atoms with Gasteiger partial charge in [-0.15, -0.1) is 0 Å². The van der Waals surface area contributed by atoms with Crippen LogP contribution in [0.3, 0.4) is 0 Å². The zero-order valence-electron chi connectivity index (χ0n) is 15.8. The summed E-state index contributed by atoms with van der Waals surface area (Å²) in [6.07, 6.45) is 0. The van der Waals surface area contributed by atoms with Crippen LogP contribution >= 0.6 is 0 Å². The average molecular weight is 382 g/mol. The fourth-order valence-corrected chi connectivity index (χ4v) is 2.89. The highest BCUT2D eigenvalue weighted by Crippen LogP contribution is 2.33. The molecule has 0 saturated heterocycles. The number of hydrogen-bond donors (Lipinski definition) is 1. The summed E-state index contributed by atoms with van der Waals surface area (Å²) in [4.78, 5) is 37.1. The van der Waals surface area contributed by atoms with Crippen molar-refractivity contribution in [2.75, 3.05) is 24.7 Å². The minimum absolute atomic E-state index is 0.148. The zero-order valence-corrected chi connectivity index (χ0v) is 15.8. The number of benzene rings is 2. The maximum Gasteiger partial charge on any atom is 0.265 e. The quantitative estimate of drug-likeness (QED) is 0.741. The molecule has 7 heteroatoms. The molecule has 146 valence electrons. The molecule has 0 radical (unpaired) electrons. The van der Waals surface area contributed by atoms with Gasteiger partial charge in [0, 0.05) is 5.56 Å². The van der Waals surface area contributed by atoms with E-state index < -0.39 is 11.8 Å². The molecule has 0 saturated carbocycles. The van der Waals surface area contributed by atoms with E-state index in [1.54, 1.807) is 12.1 Å². The van der Waals surface area contributed by atoms with Crippen molar-refractivity contribution in [1.29, 1.82) is 0 Å². The van der Waals surface area contributed by atoms with Crippen LogP contribution in [0.1, 0.15) is 35.7 Å². The number of ether oxygens (including phenoxy) is 2. The van der Waals surface area contributed by atoms with Crippen molar-refractivity contribution in [2.24, 2.45) is 5.73 Å². The van der Waals surface area contributed by atoms with Gasteiger partial charge in [-0.05, 0) is 41.8 Å². The molecule has 2 amide bonds. The number of carbonyl (C=O) groups is 3. The molecular weight excluding hydrogens is 360 g/mol. The third kappa shape index (κ3) is 4.31. The number of primary amides is 1. The number of rotatable bonds is 7. The fourth-order valence-electron chi connectivity index (χ4n) is 2.89. The number of fused-ring (bicyclic) bond motifs is 1. The van der Waals surface area contributed by atoms with Gasteiger partial charge >= 0.3 is 0 Å². The van der Waals surface area contributed by atoms with Crippen LogP contribution in [-0.2, 0) is 9.59 Å². The normalized spacial score (nSPS) is 13.1. The Morgan fingerprint density at radius 2 is 1.89 bits per heavy atom. The van der Waals surface area contributed by atoms with Crippen molar-refractivity contribution in [1.82, 2.24) is 0 Å². The van der Waals surface area contributed by atoms with Gasteiger partial charge in [0.15, 0.2) is 19.0 Å². The molecule has 7 nitrogen and oxygen atoms in total. The SMILES string of the molecule is CC(C)c1ccc(OCC(=O)c2ccc3c(c2)N(CC(N)=O)C(=O)CO3)cc1. The molecule has 2 aromatic rings. The van der Waals surface area contributed by atoms with Crippen LogP contribution in [0.4, 0.5) is 5.69 Å². The third-order valence-electron chi connectivity index (χ3n) is 4.45. The first-order valence-corrected chi connectivity index (χ1v) is 8.96. The predicted molar refractivity (Wildman–Crippen MR) is 104 cm³/mol. The van der Waals surface area contributed by atoms with Gasteiger partial charge in [0.05, 0.1) is 5.69 Å². The van der Waals surface area contributed by atoms with Crippen molar-refractivity contribution in [3.63, 3.8) is 0 Å². The van der Waals surface area contributed by atoms with Crippen molar-refractivity contribution >= 4 is 23.3 Å². The Morgan fingerprint density at radius 1 is 1.18 bits per heavy atom. The summed E-state index contributed by atoms with van der Waals surface area (Å²) in [5, 5.41) is 0. The van der Waals surface area contributed by atoms with Gasteiger partial charge < -0.3 is 15.2 Å². The average Bonchev–Trinajstić information content (AvgIpc) is 2.68. The first-order chi connectivity index (χ1) is 13.3. The van der Waals surface area contributed by atoms with Gasteiger partial charge in [-0.2, -0.15) is 0 Å². The molecule has 1 aliphatic heterocycles. The molecule has 0 unspecified atom stereocenters. The topological polar surface area (TPSA) is 98.9 Å². The second kappa shape index (κ2) is 8.12. The van der Waals surface area contributed by atoms with Gasteiger partial charge in [-0.1, -0.05) is 26.0 Å². The fraction of sp³-hybridized carbons (Fsp3) is 0.286. The maximum absolute atomic E-state index is 12.5. The Morgan fingerprint density at radius 3 is 2.54 bits per heavy atom. The number of nitrogens with two attached hydrogens (primary N) is 1. The van der Waals surface area contributed by atoms with Gasteiger partial charge in [0.1, 0.15) is 18.0 Å². The molecule has 0 aromatic heterocycles. The summed E-state index contributed by atoms with van der Waals surface area (Å²) in [5.74, 6) is 0.142. The van der Waals surface area contributed by atoms with Crippen molar-refractivity contribution in [2.45, 2.75) is 19.8 Å². The summed E-state index contributed by atoms with van der Waals surface area (Å²) in [6, 6.07) is 12.3. The second-order valence-corrected chi connectivity index (χ2v) is 6.85. The van der Waals surface area contributed by atoms with E-state index in [4.69, 9.17) is 15.2 Å². The number of Topliss-reactive ketones (excluding diaryl/α,β-unsaturated/α-hetero) is 1. The van der Waals surface area contributed by atoms with Gasteiger partial charge in [0.25, 0.3) is 5.91 Å². The largest absolute Gasteiger partial charge is 0.485 e. The minimum atomic E-state index is -0.647. The lowest BCUT2D eigenvalue weighted by Gasteiger charge is -2.28. The first kappa shape index (κ1) is 19.4. The van der Waals surface area contributed by atoms with Gasteiger partial charge in [-0.25, -0.2) is 0 Å². The molecule has 1 heterocycles. The highest BCUT2D eigenvalue weighted by atomic mass is 16.5. The monoisotopic (exact) mass is 382 g/mol. The van der Waals surface area contributed by atoms with Crippen LogP contribution in [0, 0.1) is 0 Å². The lowest BCUT2D eigenvalue weighted by molar-refractivity contribution is -0.124. The molecule has 2 N–H and O–H groups in total. The Labute approximate surface area is 163 Å². The predicted octanol–water partition coefficient (Wildman–Crippen LogP) is 2.28.